The third-order valence-electron chi connectivity index (χ3n) is 5.49. The van der Waals surface area contributed by atoms with Crippen LogP contribution in [0.4, 0.5) is 5.69 Å². The molecule has 10 heteroatoms. The third-order valence-corrected chi connectivity index (χ3v) is 7.79. The van der Waals surface area contributed by atoms with Crippen molar-refractivity contribution in [3.05, 3.63) is 57.2 Å². The second-order valence-electron chi connectivity index (χ2n) is 7.82. The van der Waals surface area contributed by atoms with Crippen LogP contribution >= 0.6 is 11.3 Å². The van der Waals surface area contributed by atoms with E-state index in [1.807, 2.05) is 26.0 Å². The number of fused-ring (bicyclic) bond motifs is 1. The van der Waals surface area contributed by atoms with Gasteiger partial charge in [0.15, 0.2) is 0 Å². The number of amides is 1. The van der Waals surface area contributed by atoms with Crippen LogP contribution in [-0.4, -0.2) is 50.1 Å². The normalized spacial score (nSPS) is 14.6. The molecule has 0 spiro atoms. The van der Waals surface area contributed by atoms with E-state index in [2.05, 4.69) is 4.72 Å². The number of hydrogen-bond donors (Lipinski definition) is 1. The Kier molecular flexibility index (Phi) is 6.36. The van der Waals surface area contributed by atoms with Gasteiger partial charge < -0.3 is 9.64 Å². The summed E-state index contributed by atoms with van der Waals surface area (Å²) in [5, 5.41) is 0. The van der Waals surface area contributed by atoms with Gasteiger partial charge in [0.1, 0.15) is 0 Å². The molecule has 1 amide bonds. The number of anilines is 1. The lowest BCUT2D eigenvalue weighted by Gasteiger charge is -2.26. The number of sulfonamides is 1. The van der Waals surface area contributed by atoms with Gasteiger partial charge in [0.05, 0.1) is 34.0 Å². The summed E-state index contributed by atoms with van der Waals surface area (Å²) in [5.41, 5.74) is 3.02. The molecule has 2 aromatic carbocycles. The average molecular weight is 476 g/mol. The van der Waals surface area contributed by atoms with E-state index in [9.17, 15) is 18.0 Å². The fourth-order valence-corrected chi connectivity index (χ4v) is 5.92. The molecule has 0 radical (unpaired) electrons. The maximum Gasteiger partial charge on any atom is 0.308 e. The van der Waals surface area contributed by atoms with Crippen molar-refractivity contribution < 1.29 is 17.9 Å². The number of nitrogens with one attached hydrogen (secondary N) is 1. The zero-order valence-electron chi connectivity index (χ0n) is 18.0. The summed E-state index contributed by atoms with van der Waals surface area (Å²) in [5.74, 6) is -0.0172. The van der Waals surface area contributed by atoms with Crippen molar-refractivity contribution >= 4 is 43.2 Å². The molecular formula is C22H25N3O5S2. The molecule has 1 fully saturated rings. The Labute approximate surface area is 190 Å². The quantitative estimate of drug-likeness (QED) is 0.591. The van der Waals surface area contributed by atoms with E-state index in [0.717, 1.165) is 22.5 Å². The van der Waals surface area contributed by atoms with Crippen molar-refractivity contribution in [2.45, 2.75) is 31.7 Å². The van der Waals surface area contributed by atoms with Crippen molar-refractivity contribution in [2.75, 3.05) is 31.0 Å². The number of ether oxygens (including phenoxy) is 1. The van der Waals surface area contributed by atoms with E-state index in [1.54, 1.807) is 17.0 Å². The van der Waals surface area contributed by atoms with Gasteiger partial charge in [-0.1, -0.05) is 29.0 Å². The topological polar surface area (TPSA) is 97.7 Å². The first-order chi connectivity index (χ1) is 15.2. The molecule has 170 valence electrons. The van der Waals surface area contributed by atoms with Gasteiger partial charge >= 0.3 is 4.87 Å². The van der Waals surface area contributed by atoms with Crippen molar-refractivity contribution in [1.82, 2.24) is 9.47 Å². The summed E-state index contributed by atoms with van der Waals surface area (Å²) in [6, 6.07) is 10.1. The standard InChI is InChI=1S/C22H25N3O5S2/c1-15-3-5-18(16(2)13-15)23-32(28,29)17-4-6-19-20(14-17)31-22(27)25(19)8-7-21(26)24-9-11-30-12-10-24/h3-6,13-14,23H,7-12H2,1-2H3. The van der Waals surface area contributed by atoms with Crippen LogP contribution in [0.25, 0.3) is 10.2 Å². The smallest absolute Gasteiger partial charge is 0.308 e. The first kappa shape index (κ1) is 22.5. The molecule has 1 aliphatic rings. The number of morpholine rings is 1. The molecule has 8 nitrogen and oxygen atoms in total. The molecule has 0 saturated carbocycles. The maximum atomic E-state index is 12.9. The maximum absolute atomic E-state index is 12.9. The van der Waals surface area contributed by atoms with Gasteiger partial charge in [0, 0.05) is 26.1 Å². The van der Waals surface area contributed by atoms with Crippen LogP contribution in [0.2, 0.25) is 0 Å². The van der Waals surface area contributed by atoms with Crippen LogP contribution in [0.15, 0.2) is 46.1 Å². The molecule has 2 heterocycles. The lowest BCUT2D eigenvalue weighted by molar-refractivity contribution is -0.135. The lowest BCUT2D eigenvalue weighted by Crippen LogP contribution is -2.41. The molecule has 1 saturated heterocycles. The molecule has 4 rings (SSSR count). The first-order valence-electron chi connectivity index (χ1n) is 10.3. The Morgan fingerprint density at radius 1 is 1.12 bits per heavy atom. The van der Waals surface area contributed by atoms with Crippen molar-refractivity contribution in [2.24, 2.45) is 0 Å². The van der Waals surface area contributed by atoms with Gasteiger partial charge in [0.25, 0.3) is 10.0 Å². The number of benzene rings is 2. The minimum absolute atomic E-state index is 0.0172. The van der Waals surface area contributed by atoms with E-state index in [1.165, 1.54) is 16.7 Å². The predicted octanol–water partition coefficient (Wildman–Crippen LogP) is 2.73. The first-order valence-corrected chi connectivity index (χ1v) is 12.6. The zero-order chi connectivity index (χ0) is 22.9. The van der Waals surface area contributed by atoms with Gasteiger partial charge in [-0.3, -0.25) is 18.9 Å². The summed E-state index contributed by atoms with van der Waals surface area (Å²) in [7, 11) is -3.81. The summed E-state index contributed by atoms with van der Waals surface area (Å²) < 4.78 is 35.8. The molecule has 3 aromatic rings. The third kappa shape index (κ3) is 4.72. The fourth-order valence-electron chi connectivity index (χ4n) is 3.74. The largest absolute Gasteiger partial charge is 0.378 e. The predicted molar refractivity (Wildman–Crippen MR) is 125 cm³/mol. The minimum Gasteiger partial charge on any atom is -0.378 e. The minimum atomic E-state index is -3.81. The van der Waals surface area contributed by atoms with Crippen molar-refractivity contribution in [1.29, 1.82) is 0 Å². The summed E-state index contributed by atoms with van der Waals surface area (Å²) in [4.78, 5) is 26.6. The Morgan fingerprint density at radius 3 is 2.59 bits per heavy atom. The molecule has 0 aliphatic carbocycles. The van der Waals surface area contributed by atoms with E-state index in [-0.39, 0.29) is 28.6 Å². The monoisotopic (exact) mass is 475 g/mol. The average Bonchev–Trinajstić information content (AvgIpc) is 3.08. The van der Waals surface area contributed by atoms with Gasteiger partial charge in [-0.25, -0.2) is 8.42 Å². The fraction of sp³-hybridized carbons (Fsp3) is 0.364. The number of carbonyl (C=O) groups excluding carboxylic acids is 1. The van der Waals surface area contributed by atoms with Crippen LogP contribution in [0.1, 0.15) is 17.5 Å². The Hall–Kier alpha value is -2.69. The SMILES string of the molecule is Cc1ccc(NS(=O)(=O)c2ccc3c(c2)sc(=O)n3CCC(=O)N2CCOCC2)c(C)c1. The second kappa shape index (κ2) is 9.05. The van der Waals surface area contributed by atoms with E-state index in [4.69, 9.17) is 4.74 Å². The highest BCUT2D eigenvalue weighted by Gasteiger charge is 2.20. The van der Waals surface area contributed by atoms with Gasteiger partial charge in [-0.05, 0) is 43.7 Å². The molecule has 1 N–H and O–H groups in total. The van der Waals surface area contributed by atoms with Crippen LogP contribution in [0.5, 0.6) is 0 Å². The van der Waals surface area contributed by atoms with Crippen molar-refractivity contribution in [3.63, 3.8) is 0 Å². The van der Waals surface area contributed by atoms with Gasteiger partial charge in [-0.2, -0.15) is 0 Å². The highest BCUT2D eigenvalue weighted by molar-refractivity contribution is 7.92. The number of thiazole rings is 1. The molecular weight excluding hydrogens is 450 g/mol. The highest BCUT2D eigenvalue weighted by Crippen LogP contribution is 2.25. The number of aromatic nitrogens is 1. The van der Waals surface area contributed by atoms with E-state index in [0.29, 0.717) is 42.2 Å². The molecule has 1 aliphatic heterocycles. The molecule has 32 heavy (non-hydrogen) atoms. The highest BCUT2D eigenvalue weighted by atomic mass is 32.2. The van der Waals surface area contributed by atoms with Crippen molar-refractivity contribution in [3.8, 4) is 0 Å². The lowest BCUT2D eigenvalue weighted by atomic mass is 10.1. The van der Waals surface area contributed by atoms with Gasteiger partial charge in [-0.15, -0.1) is 0 Å². The molecule has 0 bridgehead atoms. The second-order valence-corrected chi connectivity index (χ2v) is 10.5. The number of carbonyl (C=O) groups is 1. The van der Waals surface area contributed by atoms with Crippen LogP contribution < -0.4 is 9.60 Å². The zero-order valence-corrected chi connectivity index (χ0v) is 19.6. The summed E-state index contributed by atoms with van der Waals surface area (Å²) >= 11 is 0.978. The summed E-state index contributed by atoms with van der Waals surface area (Å²) in [6.45, 7) is 6.22. The summed E-state index contributed by atoms with van der Waals surface area (Å²) in [6.07, 6.45) is 0.208. The van der Waals surface area contributed by atoms with E-state index < -0.39 is 10.0 Å². The molecule has 0 atom stereocenters. The number of rotatable bonds is 6. The Balaban J connectivity index is 1.54. The Bertz CT molecular complexity index is 1320. The van der Waals surface area contributed by atoms with Gasteiger partial charge in [0.2, 0.25) is 5.91 Å². The molecule has 0 unspecified atom stereocenters. The van der Waals surface area contributed by atoms with Crippen LogP contribution in [0, 0.1) is 13.8 Å². The van der Waals surface area contributed by atoms with Crippen LogP contribution in [-0.2, 0) is 26.1 Å². The number of aryl methyl sites for hydroxylation is 3. The molecule has 1 aromatic heterocycles. The van der Waals surface area contributed by atoms with E-state index >= 15 is 0 Å². The number of hydrogen-bond acceptors (Lipinski definition) is 6. The number of nitrogens with zero attached hydrogens (tertiary/aromatic N) is 2. The van der Waals surface area contributed by atoms with Crippen LogP contribution in [0.3, 0.4) is 0 Å². The Morgan fingerprint density at radius 2 is 1.88 bits per heavy atom.